The zero-order chi connectivity index (χ0) is 11.3. The first-order valence-electron chi connectivity index (χ1n) is 4.59. The fourth-order valence-corrected chi connectivity index (χ4v) is 1.18. The molecule has 0 saturated carbocycles. The Bertz CT molecular complexity index is 363. The normalized spacial score (nSPS) is 11.9. The lowest BCUT2D eigenvalue weighted by Crippen LogP contribution is -2.29. The van der Waals surface area contributed by atoms with Crippen LogP contribution in [0.3, 0.4) is 0 Å². The van der Waals surface area contributed by atoms with Crippen LogP contribution in [-0.2, 0) is 11.3 Å². The van der Waals surface area contributed by atoms with E-state index >= 15 is 0 Å². The van der Waals surface area contributed by atoms with Gasteiger partial charge in [0.1, 0.15) is 11.7 Å². The molecule has 0 radical (unpaired) electrons. The summed E-state index contributed by atoms with van der Waals surface area (Å²) in [6.07, 6.45) is 0.773. The Morgan fingerprint density at radius 3 is 2.93 bits per heavy atom. The first kappa shape index (κ1) is 11.7. The Hall–Kier alpha value is -1.35. The summed E-state index contributed by atoms with van der Waals surface area (Å²) >= 11 is 5.58. The molecule has 0 aromatic heterocycles. The predicted octanol–water partition coefficient (Wildman–Crippen LogP) is 1.74. The maximum Gasteiger partial charge on any atom is 0.238 e. The van der Waals surface area contributed by atoms with Gasteiger partial charge in [-0.25, -0.2) is 0 Å². The second kappa shape index (κ2) is 5.51. The molecule has 0 aliphatic rings. The summed E-state index contributed by atoms with van der Waals surface area (Å²) in [5, 5.41) is 2.12. The van der Waals surface area contributed by atoms with Crippen molar-refractivity contribution in [2.24, 2.45) is 0 Å². The quantitative estimate of drug-likeness (QED) is 0.627. The van der Waals surface area contributed by atoms with Gasteiger partial charge in [-0.05, 0) is 18.6 Å². The highest BCUT2D eigenvalue weighted by atomic mass is 35.5. The van der Waals surface area contributed by atoms with E-state index in [0.717, 1.165) is 11.8 Å². The SMILES string of the molecule is C[C@@H](Cl)C(=O)NCc1cccc(C=O)c1. The monoisotopic (exact) mass is 225 g/mol. The Kier molecular flexibility index (Phi) is 4.31. The minimum absolute atomic E-state index is 0.215. The van der Waals surface area contributed by atoms with Crippen molar-refractivity contribution < 1.29 is 9.59 Å². The highest BCUT2D eigenvalue weighted by Crippen LogP contribution is 2.03. The van der Waals surface area contributed by atoms with Gasteiger partial charge < -0.3 is 5.32 Å². The standard InChI is InChI=1S/C11H12ClNO2/c1-8(12)11(15)13-6-9-3-2-4-10(5-9)7-14/h2-5,7-8H,6H2,1H3,(H,13,15)/t8-/m1/s1. The number of hydrogen-bond donors (Lipinski definition) is 1. The number of carbonyl (C=O) groups is 2. The van der Waals surface area contributed by atoms with Gasteiger partial charge in [-0.15, -0.1) is 11.6 Å². The maximum absolute atomic E-state index is 11.2. The summed E-state index contributed by atoms with van der Waals surface area (Å²) in [6.45, 7) is 2.00. The van der Waals surface area contributed by atoms with Crippen molar-refractivity contribution >= 4 is 23.8 Å². The number of hydrogen-bond acceptors (Lipinski definition) is 2. The molecule has 0 bridgehead atoms. The third-order valence-electron chi connectivity index (χ3n) is 1.92. The van der Waals surface area contributed by atoms with E-state index in [1.807, 2.05) is 6.07 Å². The molecule has 1 aromatic rings. The van der Waals surface area contributed by atoms with Gasteiger partial charge in [0.05, 0.1) is 0 Å². The lowest BCUT2D eigenvalue weighted by Gasteiger charge is -2.06. The van der Waals surface area contributed by atoms with Gasteiger partial charge in [0.15, 0.2) is 0 Å². The minimum Gasteiger partial charge on any atom is -0.351 e. The molecule has 1 N–H and O–H groups in total. The summed E-state index contributed by atoms with van der Waals surface area (Å²) in [5.41, 5.74) is 1.48. The van der Waals surface area contributed by atoms with E-state index in [0.29, 0.717) is 12.1 Å². The molecule has 1 atom stereocenters. The number of aldehydes is 1. The van der Waals surface area contributed by atoms with Gasteiger partial charge in [0, 0.05) is 12.1 Å². The second-order valence-corrected chi connectivity index (χ2v) is 3.85. The van der Waals surface area contributed by atoms with E-state index in [-0.39, 0.29) is 5.91 Å². The number of carbonyl (C=O) groups excluding carboxylic acids is 2. The van der Waals surface area contributed by atoms with Gasteiger partial charge >= 0.3 is 0 Å². The molecule has 1 aromatic carbocycles. The summed E-state index contributed by atoms with van der Waals surface area (Å²) < 4.78 is 0. The average molecular weight is 226 g/mol. The predicted molar refractivity (Wildman–Crippen MR) is 59.0 cm³/mol. The molecule has 15 heavy (non-hydrogen) atoms. The van der Waals surface area contributed by atoms with Crippen molar-refractivity contribution in [3.8, 4) is 0 Å². The summed E-state index contributed by atoms with van der Waals surface area (Å²) in [5.74, 6) is -0.215. The molecule has 0 heterocycles. The van der Waals surface area contributed by atoms with Crippen LogP contribution in [0.25, 0.3) is 0 Å². The fourth-order valence-electron chi connectivity index (χ4n) is 1.11. The largest absolute Gasteiger partial charge is 0.351 e. The van der Waals surface area contributed by atoms with Gasteiger partial charge in [0.25, 0.3) is 0 Å². The maximum atomic E-state index is 11.2. The number of nitrogens with one attached hydrogen (secondary N) is 1. The average Bonchev–Trinajstić information content (AvgIpc) is 2.26. The van der Waals surface area contributed by atoms with Crippen molar-refractivity contribution in [2.45, 2.75) is 18.8 Å². The van der Waals surface area contributed by atoms with Crippen LogP contribution in [0.2, 0.25) is 0 Å². The zero-order valence-electron chi connectivity index (χ0n) is 8.37. The highest BCUT2D eigenvalue weighted by Gasteiger charge is 2.07. The molecule has 1 rings (SSSR count). The first-order chi connectivity index (χ1) is 7.13. The van der Waals surface area contributed by atoms with Crippen LogP contribution < -0.4 is 5.32 Å². The van der Waals surface area contributed by atoms with Crippen LogP contribution in [0, 0.1) is 0 Å². The van der Waals surface area contributed by atoms with Gasteiger partial charge in [-0.2, -0.15) is 0 Å². The molecule has 0 fully saturated rings. The number of alkyl halides is 1. The molecule has 0 aliphatic heterocycles. The third-order valence-corrected chi connectivity index (χ3v) is 2.11. The van der Waals surface area contributed by atoms with Crippen molar-refractivity contribution in [2.75, 3.05) is 0 Å². The van der Waals surface area contributed by atoms with Crippen LogP contribution in [0.15, 0.2) is 24.3 Å². The van der Waals surface area contributed by atoms with Crippen LogP contribution in [0.1, 0.15) is 22.8 Å². The van der Waals surface area contributed by atoms with E-state index in [2.05, 4.69) is 5.32 Å². The Morgan fingerprint density at radius 2 is 2.33 bits per heavy atom. The molecular formula is C11H12ClNO2. The van der Waals surface area contributed by atoms with Crippen molar-refractivity contribution in [1.29, 1.82) is 0 Å². The van der Waals surface area contributed by atoms with E-state index < -0.39 is 5.38 Å². The lowest BCUT2D eigenvalue weighted by atomic mass is 10.1. The van der Waals surface area contributed by atoms with Gasteiger partial charge in [-0.1, -0.05) is 18.2 Å². The molecule has 80 valence electrons. The number of rotatable bonds is 4. The first-order valence-corrected chi connectivity index (χ1v) is 5.03. The molecule has 0 unspecified atom stereocenters. The second-order valence-electron chi connectivity index (χ2n) is 3.20. The van der Waals surface area contributed by atoms with Crippen LogP contribution in [-0.4, -0.2) is 17.6 Å². The van der Waals surface area contributed by atoms with Gasteiger partial charge in [-0.3, -0.25) is 9.59 Å². The number of halogens is 1. The van der Waals surface area contributed by atoms with Crippen molar-refractivity contribution in [3.63, 3.8) is 0 Å². The summed E-state index contributed by atoms with van der Waals surface area (Å²) in [4.78, 5) is 21.7. The molecule has 1 amide bonds. The summed E-state index contributed by atoms with van der Waals surface area (Å²) in [7, 11) is 0. The van der Waals surface area contributed by atoms with E-state index in [1.54, 1.807) is 25.1 Å². The zero-order valence-corrected chi connectivity index (χ0v) is 9.12. The highest BCUT2D eigenvalue weighted by molar-refractivity contribution is 6.30. The number of amides is 1. The lowest BCUT2D eigenvalue weighted by molar-refractivity contribution is -0.120. The topological polar surface area (TPSA) is 46.2 Å². The van der Waals surface area contributed by atoms with Crippen molar-refractivity contribution in [1.82, 2.24) is 5.32 Å². The minimum atomic E-state index is -0.542. The van der Waals surface area contributed by atoms with Crippen LogP contribution in [0.4, 0.5) is 0 Å². The molecule has 4 heteroatoms. The Morgan fingerprint density at radius 1 is 1.60 bits per heavy atom. The fraction of sp³-hybridized carbons (Fsp3) is 0.273. The number of benzene rings is 1. The Labute approximate surface area is 93.4 Å². The third kappa shape index (κ3) is 3.72. The molecular weight excluding hydrogens is 214 g/mol. The van der Waals surface area contributed by atoms with E-state index in [4.69, 9.17) is 11.6 Å². The van der Waals surface area contributed by atoms with Crippen LogP contribution in [0.5, 0.6) is 0 Å². The van der Waals surface area contributed by atoms with Gasteiger partial charge in [0.2, 0.25) is 5.91 Å². The van der Waals surface area contributed by atoms with Crippen molar-refractivity contribution in [3.05, 3.63) is 35.4 Å². The van der Waals surface area contributed by atoms with E-state index in [1.165, 1.54) is 0 Å². The summed E-state index contributed by atoms with van der Waals surface area (Å²) in [6, 6.07) is 7.05. The molecule has 0 saturated heterocycles. The Balaban J connectivity index is 2.57. The van der Waals surface area contributed by atoms with E-state index in [9.17, 15) is 9.59 Å². The molecule has 0 aliphatic carbocycles. The molecule has 3 nitrogen and oxygen atoms in total. The molecule has 0 spiro atoms. The van der Waals surface area contributed by atoms with Crippen LogP contribution >= 0.6 is 11.6 Å². The smallest absolute Gasteiger partial charge is 0.238 e.